The Morgan fingerprint density at radius 2 is 1.93 bits per heavy atom. The van der Waals surface area contributed by atoms with E-state index in [9.17, 15) is 15.0 Å². The maximum Gasteiger partial charge on any atom is 0.227 e. The average molecular weight is 437 g/mol. The Kier molecular flexibility index (Phi) is 7.92. The van der Waals surface area contributed by atoms with Crippen LogP contribution in [0.3, 0.4) is 0 Å². The third-order valence-corrected chi connectivity index (χ3v) is 5.98. The van der Waals surface area contributed by atoms with E-state index in [0.717, 1.165) is 24.1 Å². The van der Waals surface area contributed by atoms with E-state index in [4.69, 9.17) is 23.2 Å². The number of carbonyl (C=O) groups is 1. The van der Waals surface area contributed by atoms with Crippen LogP contribution in [0.2, 0.25) is 10.0 Å². The molecule has 1 heterocycles. The Balaban J connectivity index is 1.83. The van der Waals surface area contributed by atoms with Crippen LogP contribution in [-0.2, 0) is 11.2 Å². The Morgan fingerprint density at radius 3 is 2.55 bits per heavy atom. The predicted molar refractivity (Wildman–Crippen MR) is 115 cm³/mol. The quantitative estimate of drug-likeness (QED) is 0.666. The highest BCUT2D eigenvalue weighted by Crippen LogP contribution is 2.26. The van der Waals surface area contributed by atoms with Crippen LogP contribution in [0.1, 0.15) is 23.6 Å². The molecule has 156 valence electrons. The van der Waals surface area contributed by atoms with Gasteiger partial charge in [0.15, 0.2) is 0 Å². The van der Waals surface area contributed by atoms with Gasteiger partial charge in [-0.2, -0.15) is 0 Å². The van der Waals surface area contributed by atoms with Gasteiger partial charge in [0, 0.05) is 26.2 Å². The number of amides is 1. The molecule has 0 aromatic heterocycles. The first kappa shape index (κ1) is 22.1. The number of aliphatic hydroxyl groups is 2. The summed E-state index contributed by atoms with van der Waals surface area (Å²) in [6.07, 6.45) is 0.575. The van der Waals surface area contributed by atoms with E-state index in [2.05, 4.69) is 4.90 Å². The zero-order chi connectivity index (χ0) is 20.8. The second-order valence-electron chi connectivity index (χ2n) is 7.36. The van der Waals surface area contributed by atoms with Crippen molar-refractivity contribution in [3.8, 4) is 0 Å². The number of halogens is 2. The zero-order valence-electron chi connectivity index (χ0n) is 16.2. The van der Waals surface area contributed by atoms with E-state index in [-0.39, 0.29) is 37.6 Å². The van der Waals surface area contributed by atoms with E-state index >= 15 is 0 Å². The molecule has 2 N–H and O–H groups in total. The molecule has 7 heteroatoms. The molecule has 2 aromatic carbocycles. The summed E-state index contributed by atoms with van der Waals surface area (Å²) in [5, 5.41) is 20.4. The van der Waals surface area contributed by atoms with Gasteiger partial charge in [0.05, 0.1) is 35.2 Å². The van der Waals surface area contributed by atoms with E-state index < -0.39 is 0 Å². The molecule has 2 aromatic rings. The summed E-state index contributed by atoms with van der Waals surface area (Å²) in [4.78, 5) is 17.1. The molecule has 1 amide bonds. The first-order valence-electron chi connectivity index (χ1n) is 9.77. The van der Waals surface area contributed by atoms with Gasteiger partial charge in [-0.05, 0) is 29.7 Å². The fraction of sp³-hybridized carbons (Fsp3) is 0.409. The van der Waals surface area contributed by atoms with Gasteiger partial charge in [0.2, 0.25) is 5.91 Å². The Labute approximate surface area is 181 Å². The van der Waals surface area contributed by atoms with Crippen LogP contribution >= 0.6 is 23.2 Å². The minimum absolute atomic E-state index is 0.0916. The summed E-state index contributed by atoms with van der Waals surface area (Å²) >= 11 is 12.1. The summed E-state index contributed by atoms with van der Waals surface area (Å²) in [5.41, 5.74) is 1.78. The molecule has 0 aliphatic carbocycles. The second-order valence-corrected chi connectivity index (χ2v) is 8.18. The molecule has 1 aliphatic rings. The van der Waals surface area contributed by atoms with Crippen molar-refractivity contribution < 1.29 is 15.0 Å². The van der Waals surface area contributed by atoms with Crippen molar-refractivity contribution in [2.45, 2.75) is 25.0 Å². The molecule has 0 radical (unpaired) electrons. The summed E-state index contributed by atoms with van der Waals surface area (Å²) in [6, 6.07) is 14.8. The van der Waals surface area contributed by atoms with E-state index in [0.29, 0.717) is 23.1 Å². The van der Waals surface area contributed by atoms with Crippen LogP contribution in [0.25, 0.3) is 0 Å². The number of hydrogen-bond acceptors (Lipinski definition) is 4. The first-order valence-corrected chi connectivity index (χ1v) is 10.5. The van der Waals surface area contributed by atoms with Gasteiger partial charge in [-0.25, -0.2) is 0 Å². The molecule has 1 saturated heterocycles. The maximum atomic E-state index is 13.2. The molecule has 2 atom stereocenters. The molecule has 0 saturated carbocycles. The van der Waals surface area contributed by atoms with Crippen molar-refractivity contribution in [3.63, 3.8) is 0 Å². The first-order chi connectivity index (χ1) is 14.0. The molecule has 1 aliphatic heterocycles. The topological polar surface area (TPSA) is 64.0 Å². The molecule has 5 nitrogen and oxygen atoms in total. The lowest BCUT2D eigenvalue weighted by molar-refractivity contribution is -0.134. The van der Waals surface area contributed by atoms with Crippen LogP contribution in [-0.4, -0.2) is 64.8 Å². The molecule has 2 unspecified atom stereocenters. The standard InChI is InChI=1S/C22H26Cl2N2O3/c23-19-7-6-16(12-20(19)24)13-22(29)26(10-11-27)21(17-4-2-1-3-5-17)15-25-9-8-18(28)14-25/h1-7,12,18,21,27-28H,8-11,13-15H2. The number of β-amino-alcohol motifs (C(OH)–C–C–N with tert-alkyl or cyclic N) is 1. The van der Waals surface area contributed by atoms with Crippen LogP contribution in [0.15, 0.2) is 48.5 Å². The summed E-state index contributed by atoms with van der Waals surface area (Å²) < 4.78 is 0. The van der Waals surface area contributed by atoms with E-state index in [1.807, 2.05) is 30.3 Å². The smallest absolute Gasteiger partial charge is 0.227 e. The fourth-order valence-corrected chi connectivity index (χ4v) is 4.09. The van der Waals surface area contributed by atoms with Gasteiger partial charge in [-0.3, -0.25) is 9.69 Å². The molecule has 3 rings (SSSR count). The van der Waals surface area contributed by atoms with Crippen molar-refractivity contribution in [1.82, 2.24) is 9.80 Å². The van der Waals surface area contributed by atoms with Crippen molar-refractivity contribution in [2.24, 2.45) is 0 Å². The van der Waals surface area contributed by atoms with Crippen LogP contribution < -0.4 is 0 Å². The van der Waals surface area contributed by atoms with E-state index in [1.165, 1.54) is 0 Å². The zero-order valence-corrected chi connectivity index (χ0v) is 17.7. The largest absolute Gasteiger partial charge is 0.395 e. The monoisotopic (exact) mass is 436 g/mol. The number of aliphatic hydroxyl groups excluding tert-OH is 2. The van der Waals surface area contributed by atoms with Crippen molar-refractivity contribution in [2.75, 3.05) is 32.8 Å². The lowest BCUT2D eigenvalue weighted by Gasteiger charge is -2.34. The summed E-state index contributed by atoms with van der Waals surface area (Å²) in [5.74, 6) is -0.0916. The van der Waals surface area contributed by atoms with Crippen LogP contribution in [0.5, 0.6) is 0 Å². The molecule has 29 heavy (non-hydrogen) atoms. The number of likely N-dealkylation sites (tertiary alicyclic amines) is 1. The summed E-state index contributed by atoms with van der Waals surface area (Å²) in [6.45, 7) is 2.10. The molecule has 1 fully saturated rings. The van der Waals surface area contributed by atoms with Crippen LogP contribution in [0, 0.1) is 0 Å². The fourth-order valence-electron chi connectivity index (χ4n) is 3.77. The van der Waals surface area contributed by atoms with Gasteiger partial charge in [-0.1, -0.05) is 59.6 Å². The second kappa shape index (κ2) is 10.4. The van der Waals surface area contributed by atoms with E-state index in [1.54, 1.807) is 23.1 Å². The Bertz CT molecular complexity index is 819. The van der Waals surface area contributed by atoms with Crippen molar-refractivity contribution in [1.29, 1.82) is 0 Å². The highest BCUT2D eigenvalue weighted by molar-refractivity contribution is 6.42. The van der Waals surface area contributed by atoms with Crippen molar-refractivity contribution >= 4 is 29.1 Å². The number of rotatable bonds is 8. The number of hydrogen-bond donors (Lipinski definition) is 2. The normalized spacial score (nSPS) is 18.0. The van der Waals surface area contributed by atoms with Crippen LogP contribution in [0.4, 0.5) is 0 Å². The third-order valence-electron chi connectivity index (χ3n) is 5.24. The van der Waals surface area contributed by atoms with Crippen molar-refractivity contribution in [3.05, 3.63) is 69.7 Å². The molecule has 0 bridgehead atoms. The Morgan fingerprint density at radius 1 is 1.17 bits per heavy atom. The number of carbonyl (C=O) groups excluding carboxylic acids is 1. The van der Waals surface area contributed by atoms with Gasteiger partial charge in [-0.15, -0.1) is 0 Å². The highest BCUT2D eigenvalue weighted by Gasteiger charge is 2.29. The SMILES string of the molecule is O=C(Cc1ccc(Cl)c(Cl)c1)N(CCO)C(CN1CCC(O)C1)c1ccccc1. The number of benzene rings is 2. The predicted octanol–water partition coefficient (Wildman–Crippen LogP) is 3.16. The van der Waals surface area contributed by atoms with Gasteiger partial charge in [0.1, 0.15) is 0 Å². The minimum Gasteiger partial charge on any atom is -0.395 e. The average Bonchev–Trinajstić information content (AvgIpc) is 3.13. The molecular formula is C22H26Cl2N2O3. The lowest BCUT2D eigenvalue weighted by Crippen LogP contribution is -2.43. The molecule has 0 spiro atoms. The summed E-state index contributed by atoms with van der Waals surface area (Å²) in [7, 11) is 0. The highest BCUT2D eigenvalue weighted by atomic mass is 35.5. The third kappa shape index (κ3) is 5.93. The lowest BCUT2D eigenvalue weighted by atomic mass is 10.0. The molecular weight excluding hydrogens is 411 g/mol. The number of nitrogens with zero attached hydrogens (tertiary/aromatic N) is 2. The van der Waals surface area contributed by atoms with Gasteiger partial charge >= 0.3 is 0 Å². The maximum absolute atomic E-state index is 13.2. The minimum atomic E-state index is -0.329. The van der Waals surface area contributed by atoms with Gasteiger partial charge < -0.3 is 15.1 Å². The Hall–Kier alpha value is -1.63. The van der Waals surface area contributed by atoms with Gasteiger partial charge in [0.25, 0.3) is 0 Å².